The third-order valence-electron chi connectivity index (χ3n) is 5.05. The van der Waals surface area contributed by atoms with Crippen molar-refractivity contribution in [3.63, 3.8) is 0 Å². The van der Waals surface area contributed by atoms with Gasteiger partial charge in [-0.15, -0.1) is 0 Å². The van der Waals surface area contributed by atoms with E-state index in [-0.39, 0.29) is 11.9 Å². The topological polar surface area (TPSA) is 42.0 Å². The Kier molecular flexibility index (Phi) is 4.53. The van der Waals surface area contributed by atoms with Gasteiger partial charge in [0.05, 0.1) is 17.3 Å². The Balaban J connectivity index is 1.50. The molecule has 4 rings (SSSR count). The molecule has 1 heterocycles. The number of nitrogens with zero attached hydrogens (tertiary/aromatic N) is 1. The van der Waals surface area contributed by atoms with Gasteiger partial charge in [0.25, 0.3) is 5.91 Å². The summed E-state index contributed by atoms with van der Waals surface area (Å²) in [7, 11) is 0. The van der Waals surface area contributed by atoms with Gasteiger partial charge < -0.3 is 5.32 Å². The number of aromatic nitrogens is 1. The van der Waals surface area contributed by atoms with Gasteiger partial charge in [-0.25, -0.2) is 0 Å². The van der Waals surface area contributed by atoms with Crippen LogP contribution in [0, 0.1) is 6.92 Å². The van der Waals surface area contributed by atoms with Crippen molar-refractivity contribution in [2.45, 2.75) is 32.2 Å². The number of hydrogen-bond acceptors (Lipinski definition) is 2. The number of hydrogen-bond donors (Lipinski definition) is 1. The molecule has 2 aromatic carbocycles. The van der Waals surface area contributed by atoms with Crippen molar-refractivity contribution < 1.29 is 4.79 Å². The molecule has 1 amide bonds. The molecule has 0 saturated heterocycles. The summed E-state index contributed by atoms with van der Waals surface area (Å²) in [6.45, 7) is 2.06. The summed E-state index contributed by atoms with van der Waals surface area (Å²) in [5.41, 5.74) is 6.35. The molecule has 0 fully saturated rings. The van der Waals surface area contributed by atoms with E-state index in [0.29, 0.717) is 5.56 Å². The van der Waals surface area contributed by atoms with Gasteiger partial charge in [-0.05, 0) is 49.4 Å². The molecule has 0 saturated carbocycles. The van der Waals surface area contributed by atoms with Crippen LogP contribution in [0.5, 0.6) is 0 Å². The van der Waals surface area contributed by atoms with E-state index in [2.05, 4.69) is 59.7 Å². The van der Waals surface area contributed by atoms with Crippen LogP contribution in [0.1, 0.15) is 45.9 Å². The highest BCUT2D eigenvalue weighted by Gasteiger charge is 2.21. The van der Waals surface area contributed by atoms with E-state index in [4.69, 9.17) is 0 Å². The third-order valence-corrected chi connectivity index (χ3v) is 5.05. The first-order valence-electron chi connectivity index (χ1n) is 9.12. The maximum absolute atomic E-state index is 12.7. The van der Waals surface area contributed by atoms with E-state index in [9.17, 15) is 4.79 Å². The molecule has 0 spiro atoms. The van der Waals surface area contributed by atoms with Crippen molar-refractivity contribution in [3.8, 4) is 11.3 Å². The summed E-state index contributed by atoms with van der Waals surface area (Å²) >= 11 is 0. The van der Waals surface area contributed by atoms with Crippen LogP contribution in [0.3, 0.4) is 0 Å². The van der Waals surface area contributed by atoms with Gasteiger partial charge in [0.15, 0.2) is 0 Å². The first-order chi connectivity index (χ1) is 12.7. The summed E-state index contributed by atoms with van der Waals surface area (Å²) in [6.07, 6.45) is 4.85. The Morgan fingerprint density at radius 3 is 2.62 bits per heavy atom. The number of fused-ring (bicyclic) bond motifs is 1. The van der Waals surface area contributed by atoms with Gasteiger partial charge in [-0.2, -0.15) is 0 Å². The monoisotopic (exact) mass is 342 g/mol. The van der Waals surface area contributed by atoms with Crippen molar-refractivity contribution in [1.29, 1.82) is 0 Å². The molecule has 3 heteroatoms. The summed E-state index contributed by atoms with van der Waals surface area (Å²) < 4.78 is 0. The van der Waals surface area contributed by atoms with Gasteiger partial charge in [0.1, 0.15) is 0 Å². The normalized spacial score (nSPS) is 16.0. The zero-order chi connectivity index (χ0) is 17.9. The molecule has 0 bridgehead atoms. The fourth-order valence-corrected chi connectivity index (χ4v) is 3.57. The average Bonchev–Trinajstić information content (AvgIpc) is 2.69. The smallest absolute Gasteiger partial charge is 0.253 e. The molecule has 1 aromatic heterocycles. The van der Waals surface area contributed by atoms with Crippen LogP contribution in [-0.2, 0) is 6.42 Å². The Bertz CT molecular complexity index is 914. The zero-order valence-electron chi connectivity index (χ0n) is 14.9. The minimum absolute atomic E-state index is 0.0605. The van der Waals surface area contributed by atoms with Gasteiger partial charge in [0, 0.05) is 11.8 Å². The maximum atomic E-state index is 12.7. The molecule has 1 aliphatic rings. The number of benzene rings is 2. The number of carbonyl (C=O) groups is 1. The average molecular weight is 342 g/mol. The number of carbonyl (C=O) groups excluding carboxylic acids is 1. The van der Waals surface area contributed by atoms with Gasteiger partial charge in [-0.3, -0.25) is 9.78 Å². The lowest BCUT2D eigenvalue weighted by molar-refractivity contribution is 0.0932. The second-order valence-corrected chi connectivity index (χ2v) is 6.92. The van der Waals surface area contributed by atoms with Crippen molar-refractivity contribution in [3.05, 3.63) is 89.1 Å². The molecule has 0 radical (unpaired) electrons. The number of nitrogens with one attached hydrogen (secondary N) is 1. The van der Waals surface area contributed by atoms with Gasteiger partial charge in [-0.1, -0.05) is 54.1 Å². The second-order valence-electron chi connectivity index (χ2n) is 6.92. The lowest BCUT2D eigenvalue weighted by Crippen LogP contribution is -2.31. The SMILES string of the molecule is Cc1ccc(-c2ccc(C(=O)N[C@H]3CCCc4ccccc43)cn2)cc1. The number of amides is 1. The molecule has 1 aliphatic carbocycles. The summed E-state index contributed by atoms with van der Waals surface area (Å²) in [5.74, 6) is -0.0605. The second kappa shape index (κ2) is 7.12. The molecule has 0 aliphatic heterocycles. The Hall–Kier alpha value is -2.94. The minimum Gasteiger partial charge on any atom is -0.345 e. The lowest BCUT2D eigenvalue weighted by Gasteiger charge is -2.26. The fourth-order valence-electron chi connectivity index (χ4n) is 3.57. The van der Waals surface area contributed by atoms with Crippen molar-refractivity contribution in [2.75, 3.05) is 0 Å². The first-order valence-corrected chi connectivity index (χ1v) is 9.12. The van der Waals surface area contributed by atoms with Crippen molar-refractivity contribution >= 4 is 5.91 Å². The van der Waals surface area contributed by atoms with Crippen LogP contribution in [0.25, 0.3) is 11.3 Å². The molecule has 1 N–H and O–H groups in total. The summed E-state index contributed by atoms with van der Waals surface area (Å²) in [4.78, 5) is 17.1. The highest BCUT2D eigenvalue weighted by Crippen LogP contribution is 2.29. The Morgan fingerprint density at radius 2 is 1.85 bits per heavy atom. The molecule has 1 atom stereocenters. The molecule has 3 nitrogen and oxygen atoms in total. The van der Waals surface area contributed by atoms with Crippen LogP contribution in [0.2, 0.25) is 0 Å². The molecular formula is C23H22N2O. The predicted molar refractivity (Wildman–Crippen MR) is 104 cm³/mol. The Morgan fingerprint density at radius 1 is 1.04 bits per heavy atom. The third kappa shape index (κ3) is 3.38. The van der Waals surface area contributed by atoms with Crippen LogP contribution >= 0.6 is 0 Å². The lowest BCUT2D eigenvalue weighted by atomic mass is 9.87. The molecule has 130 valence electrons. The number of aryl methyl sites for hydroxylation is 2. The Labute approximate surface area is 154 Å². The minimum atomic E-state index is -0.0605. The number of rotatable bonds is 3. The van der Waals surface area contributed by atoms with E-state index in [1.54, 1.807) is 6.20 Å². The highest BCUT2D eigenvalue weighted by atomic mass is 16.1. The van der Waals surface area contributed by atoms with Gasteiger partial charge >= 0.3 is 0 Å². The van der Waals surface area contributed by atoms with Gasteiger partial charge in [0.2, 0.25) is 0 Å². The molecular weight excluding hydrogens is 320 g/mol. The van der Waals surface area contributed by atoms with Crippen LogP contribution in [-0.4, -0.2) is 10.9 Å². The van der Waals surface area contributed by atoms with E-state index in [0.717, 1.165) is 30.5 Å². The molecule has 26 heavy (non-hydrogen) atoms. The maximum Gasteiger partial charge on any atom is 0.253 e. The van der Waals surface area contributed by atoms with E-state index >= 15 is 0 Å². The number of pyridine rings is 1. The standard InChI is InChI=1S/C23H22N2O/c1-16-9-11-18(12-10-16)21-14-13-19(15-24-21)23(26)25-22-8-4-6-17-5-2-3-7-20(17)22/h2-3,5,7,9-15,22H,4,6,8H2,1H3,(H,25,26)/t22-/m0/s1. The largest absolute Gasteiger partial charge is 0.345 e. The fraction of sp³-hybridized carbons (Fsp3) is 0.217. The van der Waals surface area contributed by atoms with Crippen LogP contribution in [0.4, 0.5) is 0 Å². The highest BCUT2D eigenvalue weighted by molar-refractivity contribution is 5.94. The van der Waals surface area contributed by atoms with Crippen LogP contribution < -0.4 is 5.32 Å². The van der Waals surface area contributed by atoms with Crippen LogP contribution in [0.15, 0.2) is 66.9 Å². The molecule has 3 aromatic rings. The van der Waals surface area contributed by atoms with E-state index < -0.39 is 0 Å². The summed E-state index contributed by atoms with van der Waals surface area (Å²) in [5, 5.41) is 3.18. The van der Waals surface area contributed by atoms with Crippen molar-refractivity contribution in [2.24, 2.45) is 0 Å². The van der Waals surface area contributed by atoms with E-state index in [1.807, 2.05) is 18.2 Å². The van der Waals surface area contributed by atoms with E-state index in [1.165, 1.54) is 16.7 Å². The quantitative estimate of drug-likeness (QED) is 0.738. The summed E-state index contributed by atoms with van der Waals surface area (Å²) in [6, 6.07) is 20.5. The predicted octanol–water partition coefficient (Wildman–Crippen LogP) is 4.86. The first kappa shape index (κ1) is 16.5. The molecule has 0 unspecified atom stereocenters. The zero-order valence-corrected chi connectivity index (χ0v) is 14.9. The van der Waals surface area contributed by atoms with Crippen molar-refractivity contribution in [1.82, 2.24) is 10.3 Å².